The van der Waals surface area contributed by atoms with Crippen LogP contribution in [0.15, 0.2) is 34.8 Å². The second kappa shape index (κ2) is 5.75. The van der Waals surface area contributed by atoms with Gasteiger partial charge in [0.25, 0.3) is 0 Å². The molecule has 2 rings (SSSR count). The maximum atomic E-state index is 13.7. The fourth-order valence-corrected chi connectivity index (χ4v) is 2.36. The lowest BCUT2D eigenvalue weighted by Crippen LogP contribution is -2.10. The number of nitrogens with one attached hydrogen (secondary N) is 1. The molecule has 0 bridgehead atoms. The summed E-state index contributed by atoms with van der Waals surface area (Å²) in [5.74, 6) is -2.28. The van der Waals surface area contributed by atoms with Gasteiger partial charge in [-0.25, -0.2) is 13.2 Å². The first-order chi connectivity index (χ1) is 9.38. The molecule has 0 heterocycles. The Morgan fingerprint density at radius 3 is 2.40 bits per heavy atom. The van der Waals surface area contributed by atoms with E-state index in [1.54, 1.807) is 6.92 Å². The van der Waals surface area contributed by atoms with Gasteiger partial charge < -0.3 is 10.4 Å². The average Bonchev–Trinajstić information content (AvgIpc) is 2.33. The van der Waals surface area contributed by atoms with Crippen LogP contribution in [0.1, 0.15) is 18.5 Å². The molecule has 1 unspecified atom stereocenters. The lowest BCUT2D eigenvalue weighted by Gasteiger charge is -2.18. The van der Waals surface area contributed by atoms with Crippen LogP contribution in [0.25, 0.3) is 0 Å². The first-order valence-corrected chi connectivity index (χ1v) is 6.57. The van der Waals surface area contributed by atoms with Crippen LogP contribution in [0.5, 0.6) is 5.75 Å². The lowest BCUT2D eigenvalue weighted by atomic mass is 10.1. The fourth-order valence-electron chi connectivity index (χ4n) is 1.84. The number of hydrogen-bond acceptors (Lipinski definition) is 2. The summed E-state index contributed by atoms with van der Waals surface area (Å²) >= 11 is 3.05. The third-order valence-corrected chi connectivity index (χ3v) is 3.44. The van der Waals surface area contributed by atoms with Gasteiger partial charge in [-0.2, -0.15) is 0 Å². The SMILES string of the molecule is CC(Nc1c(F)cc(F)cc1Br)c1ccc(O)cc1F. The number of aromatic hydroxyl groups is 1. The maximum Gasteiger partial charge on any atom is 0.150 e. The first kappa shape index (κ1) is 14.7. The van der Waals surface area contributed by atoms with Crippen molar-refractivity contribution in [2.24, 2.45) is 0 Å². The largest absolute Gasteiger partial charge is 0.508 e. The van der Waals surface area contributed by atoms with Gasteiger partial charge in [-0.05, 0) is 35.0 Å². The molecule has 6 heteroatoms. The zero-order chi connectivity index (χ0) is 14.9. The van der Waals surface area contributed by atoms with Gasteiger partial charge in [-0.3, -0.25) is 0 Å². The van der Waals surface area contributed by atoms with E-state index in [9.17, 15) is 13.2 Å². The Morgan fingerprint density at radius 1 is 1.10 bits per heavy atom. The summed E-state index contributed by atoms with van der Waals surface area (Å²) in [6.07, 6.45) is 0. The molecule has 2 nitrogen and oxygen atoms in total. The zero-order valence-corrected chi connectivity index (χ0v) is 12.0. The number of benzene rings is 2. The fraction of sp³-hybridized carbons (Fsp3) is 0.143. The van der Waals surface area contributed by atoms with Gasteiger partial charge >= 0.3 is 0 Å². The molecular weight excluding hydrogens is 335 g/mol. The molecule has 0 aliphatic rings. The molecule has 0 fully saturated rings. The number of halogens is 4. The molecule has 0 aliphatic heterocycles. The Labute approximate surface area is 122 Å². The number of phenols is 1. The molecule has 0 radical (unpaired) electrons. The topological polar surface area (TPSA) is 32.3 Å². The van der Waals surface area contributed by atoms with Gasteiger partial charge in [0.15, 0.2) is 0 Å². The van der Waals surface area contributed by atoms with E-state index in [2.05, 4.69) is 21.2 Å². The van der Waals surface area contributed by atoms with E-state index >= 15 is 0 Å². The Kier molecular flexibility index (Phi) is 4.23. The van der Waals surface area contributed by atoms with Crippen molar-refractivity contribution >= 4 is 21.6 Å². The Morgan fingerprint density at radius 2 is 1.80 bits per heavy atom. The van der Waals surface area contributed by atoms with E-state index in [-0.39, 0.29) is 21.5 Å². The molecule has 0 saturated carbocycles. The van der Waals surface area contributed by atoms with Crippen LogP contribution >= 0.6 is 15.9 Å². The van der Waals surface area contributed by atoms with Crippen LogP contribution in [-0.4, -0.2) is 5.11 Å². The zero-order valence-electron chi connectivity index (χ0n) is 10.4. The van der Waals surface area contributed by atoms with E-state index < -0.39 is 23.5 Å². The van der Waals surface area contributed by atoms with Crippen molar-refractivity contribution in [1.82, 2.24) is 0 Å². The molecule has 106 valence electrons. The monoisotopic (exact) mass is 345 g/mol. The molecule has 0 amide bonds. The minimum atomic E-state index is -0.775. The van der Waals surface area contributed by atoms with Crippen molar-refractivity contribution in [1.29, 1.82) is 0 Å². The Hall–Kier alpha value is -1.69. The van der Waals surface area contributed by atoms with Gasteiger partial charge in [0.1, 0.15) is 23.2 Å². The maximum absolute atomic E-state index is 13.7. The molecule has 0 aliphatic carbocycles. The summed E-state index contributed by atoms with van der Waals surface area (Å²) in [6.45, 7) is 1.63. The normalized spacial score (nSPS) is 12.2. The minimum absolute atomic E-state index is 0.0476. The Bertz CT molecular complexity index is 625. The molecular formula is C14H11BrF3NO. The summed E-state index contributed by atoms with van der Waals surface area (Å²) in [5.41, 5.74) is 0.310. The predicted octanol–water partition coefficient (Wildman–Crippen LogP) is 4.75. The molecule has 0 saturated heterocycles. The van der Waals surface area contributed by atoms with E-state index in [1.165, 1.54) is 12.1 Å². The number of hydrogen-bond donors (Lipinski definition) is 2. The molecule has 1 atom stereocenters. The summed E-state index contributed by atoms with van der Waals surface area (Å²) in [6, 6.07) is 5.01. The summed E-state index contributed by atoms with van der Waals surface area (Å²) in [5, 5.41) is 11.9. The second-order valence-electron chi connectivity index (χ2n) is 4.32. The van der Waals surface area contributed by atoms with Crippen molar-refractivity contribution in [2.75, 3.05) is 5.32 Å². The van der Waals surface area contributed by atoms with E-state index in [0.29, 0.717) is 0 Å². The van der Waals surface area contributed by atoms with Crippen molar-refractivity contribution in [2.45, 2.75) is 13.0 Å². The summed E-state index contributed by atoms with van der Waals surface area (Å²) < 4.78 is 40.6. The minimum Gasteiger partial charge on any atom is -0.508 e. The van der Waals surface area contributed by atoms with Crippen LogP contribution in [0, 0.1) is 17.5 Å². The highest BCUT2D eigenvalue weighted by Gasteiger charge is 2.16. The van der Waals surface area contributed by atoms with Gasteiger partial charge in [0, 0.05) is 22.2 Å². The van der Waals surface area contributed by atoms with Crippen molar-refractivity contribution in [3.8, 4) is 5.75 Å². The molecule has 2 aromatic rings. The average molecular weight is 346 g/mol. The standard InChI is InChI=1S/C14H11BrF3NO/c1-7(10-3-2-9(20)6-12(10)17)19-14-11(15)4-8(16)5-13(14)18/h2-7,19-20H,1H3. The second-order valence-corrected chi connectivity index (χ2v) is 5.17. The van der Waals surface area contributed by atoms with E-state index in [4.69, 9.17) is 5.11 Å². The predicted molar refractivity (Wildman–Crippen MR) is 74.2 cm³/mol. The molecule has 2 N–H and O–H groups in total. The van der Waals surface area contributed by atoms with Gasteiger partial charge in [0.05, 0.1) is 11.7 Å². The summed E-state index contributed by atoms with van der Waals surface area (Å²) in [7, 11) is 0. The quantitative estimate of drug-likeness (QED) is 0.841. The van der Waals surface area contributed by atoms with E-state index in [1.807, 2.05) is 0 Å². The van der Waals surface area contributed by atoms with Gasteiger partial charge in [-0.1, -0.05) is 6.07 Å². The van der Waals surface area contributed by atoms with Crippen LogP contribution in [0.2, 0.25) is 0 Å². The highest BCUT2D eigenvalue weighted by molar-refractivity contribution is 9.10. The van der Waals surface area contributed by atoms with Crippen LogP contribution in [0.4, 0.5) is 18.9 Å². The smallest absolute Gasteiger partial charge is 0.150 e. The lowest BCUT2D eigenvalue weighted by molar-refractivity contribution is 0.467. The Balaban J connectivity index is 2.30. The molecule has 0 spiro atoms. The first-order valence-electron chi connectivity index (χ1n) is 5.78. The third-order valence-electron chi connectivity index (χ3n) is 2.82. The van der Waals surface area contributed by atoms with E-state index in [0.717, 1.165) is 18.2 Å². The van der Waals surface area contributed by atoms with Crippen molar-refractivity contribution in [3.05, 3.63) is 57.8 Å². The molecule has 2 aromatic carbocycles. The van der Waals surface area contributed by atoms with Crippen molar-refractivity contribution < 1.29 is 18.3 Å². The molecule has 0 aromatic heterocycles. The third kappa shape index (κ3) is 3.07. The van der Waals surface area contributed by atoms with Gasteiger partial charge in [-0.15, -0.1) is 0 Å². The number of phenolic OH excluding ortho intramolecular Hbond substituents is 1. The summed E-state index contributed by atoms with van der Waals surface area (Å²) in [4.78, 5) is 0. The highest BCUT2D eigenvalue weighted by Crippen LogP contribution is 2.31. The van der Waals surface area contributed by atoms with Crippen LogP contribution in [-0.2, 0) is 0 Å². The number of anilines is 1. The number of rotatable bonds is 3. The van der Waals surface area contributed by atoms with Crippen LogP contribution < -0.4 is 5.32 Å². The van der Waals surface area contributed by atoms with Crippen LogP contribution in [0.3, 0.4) is 0 Å². The van der Waals surface area contributed by atoms with Gasteiger partial charge in [0.2, 0.25) is 0 Å². The molecule has 20 heavy (non-hydrogen) atoms. The van der Waals surface area contributed by atoms with Crippen molar-refractivity contribution in [3.63, 3.8) is 0 Å². The highest BCUT2D eigenvalue weighted by atomic mass is 79.9.